The summed E-state index contributed by atoms with van der Waals surface area (Å²) in [6.07, 6.45) is 3.06. The maximum Gasteiger partial charge on any atom is 0.341 e. The van der Waals surface area contributed by atoms with E-state index < -0.39 is 11.9 Å². The molecule has 0 saturated heterocycles. The zero-order valence-corrected chi connectivity index (χ0v) is 19.8. The van der Waals surface area contributed by atoms with Crippen molar-refractivity contribution in [2.24, 2.45) is 0 Å². The maximum atomic E-state index is 13.0. The first-order chi connectivity index (χ1) is 15.8. The fourth-order valence-corrected chi connectivity index (χ4v) is 4.38. The Bertz CT molecular complexity index is 1210. The van der Waals surface area contributed by atoms with E-state index >= 15 is 0 Å². The van der Waals surface area contributed by atoms with Crippen molar-refractivity contribution in [1.82, 2.24) is 0 Å². The third kappa shape index (κ3) is 5.96. The standard InChI is InChI=1S/C26H26N2O4S/c1-5-32-26(31)22-18(4)23(24(30)27-20-13-11-16(2)15-17(20)3)33-25(22)28-21(29)14-12-19-9-7-6-8-10-19/h6-15H,5H2,1-4H3,(H,27,30)(H,28,29)/b14-12+. The molecule has 0 radical (unpaired) electrons. The molecule has 0 atom stereocenters. The molecule has 1 aromatic heterocycles. The summed E-state index contributed by atoms with van der Waals surface area (Å²) in [4.78, 5) is 38.5. The second kappa shape index (κ2) is 10.7. The van der Waals surface area contributed by atoms with Crippen molar-refractivity contribution in [3.8, 4) is 0 Å². The highest BCUT2D eigenvalue weighted by atomic mass is 32.1. The van der Waals surface area contributed by atoms with Crippen LogP contribution in [0, 0.1) is 20.8 Å². The summed E-state index contributed by atoms with van der Waals surface area (Å²) in [7, 11) is 0. The second-order valence-corrected chi connectivity index (χ2v) is 8.51. The number of carbonyl (C=O) groups excluding carboxylic acids is 3. The second-order valence-electron chi connectivity index (χ2n) is 7.49. The van der Waals surface area contributed by atoms with Crippen LogP contribution in [0.1, 0.15) is 49.2 Å². The minimum atomic E-state index is -0.584. The summed E-state index contributed by atoms with van der Waals surface area (Å²) < 4.78 is 5.17. The van der Waals surface area contributed by atoms with Crippen LogP contribution in [0.25, 0.3) is 6.08 Å². The number of hydrogen-bond acceptors (Lipinski definition) is 5. The van der Waals surface area contributed by atoms with Gasteiger partial charge in [-0.05, 0) is 56.5 Å². The summed E-state index contributed by atoms with van der Waals surface area (Å²) in [6.45, 7) is 7.45. The van der Waals surface area contributed by atoms with Crippen molar-refractivity contribution in [1.29, 1.82) is 0 Å². The summed E-state index contributed by atoms with van der Waals surface area (Å²) >= 11 is 1.05. The van der Waals surface area contributed by atoms with Gasteiger partial charge < -0.3 is 15.4 Å². The van der Waals surface area contributed by atoms with Gasteiger partial charge in [0.2, 0.25) is 5.91 Å². The number of amides is 2. The molecule has 0 aliphatic heterocycles. The minimum absolute atomic E-state index is 0.180. The summed E-state index contributed by atoms with van der Waals surface area (Å²) in [6, 6.07) is 15.1. The van der Waals surface area contributed by atoms with E-state index in [2.05, 4.69) is 10.6 Å². The van der Waals surface area contributed by atoms with Crippen LogP contribution in [-0.2, 0) is 9.53 Å². The first-order valence-electron chi connectivity index (χ1n) is 10.5. The van der Waals surface area contributed by atoms with Gasteiger partial charge in [0.15, 0.2) is 0 Å². The lowest BCUT2D eigenvalue weighted by Crippen LogP contribution is -2.14. The van der Waals surface area contributed by atoms with E-state index in [1.807, 2.05) is 62.4 Å². The Morgan fingerprint density at radius 2 is 1.73 bits per heavy atom. The lowest BCUT2D eigenvalue weighted by Gasteiger charge is -2.09. The molecular formula is C26H26N2O4S. The predicted octanol–water partition coefficient (Wildman–Crippen LogP) is 5.75. The van der Waals surface area contributed by atoms with E-state index in [0.717, 1.165) is 28.0 Å². The number of hydrogen-bond donors (Lipinski definition) is 2. The number of rotatable bonds is 7. The fourth-order valence-electron chi connectivity index (χ4n) is 3.29. The maximum absolute atomic E-state index is 13.0. The number of esters is 1. The molecule has 33 heavy (non-hydrogen) atoms. The molecule has 1 heterocycles. The molecule has 2 N–H and O–H groups in total. The number of aryl methyl sites for hydroxylation is 2. The van der Waals surface area contributed by atoms with Crippen LogP contribution in [0.15, 0.2) is 54.6 Å². The Morgan fingerprint density at radius 3 is 2.39 bits per heavy atom. The molecule has 0 saturated carbocycles. The van der Waals surface area contributed by atoms with E-state index in [1.165, 1.54) is 6.08 Å². The van der Waals surface area contributed by atoms with Gasteiger partial charge in [0.05, 0.1) is 17.0 Å². The monoisotopic (exact) mass is 462 g/mol. The van der Waals surface area contributed by atoms with Crippen LogP contribution in [0.4, 0.5) is 10.7 Å². The average molecular weight is 463 g/mol. The van der Waals surface area contributed by atoms with Crippen LogP contribution >= 0.6 is 11.3 Å². The Hall–Kier alpha value is -3.71. The molecule has 3 rings (SSSR count). The number of benzene rings is 2. The summed E-state index contributed by atoms with van der Waals surface area (Å²) in [5.41, 5.74) is 4.23. The molecule has 6 nitrogen and oxygen atoms in total. The van der Waals surface area contributed by atoms with Gasteiger partial charge in [-0.1, -0.05) is 48.0 Å². The Labute approximate surface area is 197 Å². The molecular weight excluding hydrogens is 436 g/mol. The van der Waals surface area contributed by atoms with Gasteiger partial charge in [0, 0.05) is 11.8 Å². The Balaban J connectivity index is 1.88. The van der Waals surface area contributed by atoms with E-state index in [9.17, 15) is 14.4 Å². The Morgan fingerprint density at radius 1 is 1.00 bits per heavy atom. The summed E-state index contributed by atoms with van der Waals surface area (Å²) in [5.74, 6) is -1.35. The van der Waals surface area contributed by atoms with Gasteiger partial charge in [-0.2, -0.15) is 0 Å². The van der Waals surface area contributed by atoms with Crippen LogP contribution in [0.3, 0.4) is 0 Å². The number of nitrogens with one attached hydrogen (secondary N) is 2. The largest absolute Gasteiger partial charge is 0.462 e. The van der Waals surface area contributed by atoms with Crippen molar-refractivity contribution < 1.29 is 19.1 Å². The molecule has 2 aromatic carbocycles. The van der Waals surface area contributed by atoms with Gasteiger partial charge >= 0.3 is 5.97 Å². The molecule has 2 amide bonds. The zero-order chi connectivity index (χ0) is 24.0. The summed E-state index contributed by atoms with van der Waals surface area (Å²) in [5, 5.41) is 5.91. The SMILES string of the molecule is CCOC(=O)c1c(NC(=O)/C=C/c2ccccc2)sc(C(=O)Nc2ccc(C)cc2C)c1C. The van der Waals surface area contributed by atoms with E-state index in [4.69, 9.17) is 4.74 Å². The molecule has 0 unspecified atom stereocenters. The zero-order valence-electron chi connectivity index (χ0n) is 19.0. The molecule has 170 valence electrons. The van der Waals surface area contributed by atoms with Gasteiger partial charge in [0.1, 0.15) is 5.00 Å². The highest BCUT2D eigenvalue weighted by molar-refractivity contribution is 7.19. The highest BCUT2D eigenvalue weighted by Crippen LogP contribution is 2.34. The number of ether oxygens (including phenoxy) is 1. The van der Waals surface area contributed by atoms with E-state index in [-0.39, 0.29) is 23.1 Å². The van der Waals surface area contributed by atoms with Gasteiger partial charge in [-0.15, -0.1) is 11.3 Å². The van der Waals surface area contributed by atoms with Crippen molar-refractivity contribution in [3.05, 3.63) is 87.3 Å². The molecule has 7 heteroatoms. The molecule has 0 fully saturated rings. The third-order valence-electron chi connectivity index (χ3n) is 4.93. The first-order valence-corrected chi connectivity index (χ1v) is 11.3. The van der Waals surface area contributed by atoms with Crippen LogP contribution < -0.4 is 10.6 Å². The lowest BCUT2D eigenvalue weighted by atomic mass is 10.1. The lowest BCUT2D eigenvalue weighted by molar-refractivity contribution is -0.111. The number of thiophene rings is 1. The normalized spacial score (nSPS) is 10.8. The smallest absolute Gasteiger partial charge is 0.341 e. The van der Waals surface area contributed by atoms with E-state index in [1.54, 1.807) is 19.9 Å². The minimum Gasteiger partial charge on any atom is -0.462 e. The van der Waals surface area contributed by atoms with Crippen molar-refractivity contribution in [3.63, 3.8) is 0 Å². The number of anilines is 2. The number of carbonyl (C=O) groups is 3. The van der Waals surface area contributed by atoms with Crippen LogP contribution in [0.5, 0.6) is 0 Å². The molecule has 3 aromatic rings. The van der Waals surface area contributed by atoms with Crippen molar-refractivity contribution in [2.75, 3.05) is 17.2 Å². The highest BCUT2D eigenvalue weighted by Gasteiger charge is 2.26. The fraction of sp³-hybridized carbons (Fsp3) is 0.192. The molecule has 0 aliphatic rings. The van der Waals surface area contributed by atoms with Gasteiger partial charge in [0.25, 0.3) is 5.91 Å². The predicted molar refractivity (Wildman–Crippen MR) is 133 cm³/mol. The topological polar surface area (TPSA) is 84.5 Å². The molecule has 0 spiro atoms. The van der Waals surface area contributed by atoms with Gasteiger partial charge in [-0.25, -0.2) is 4.79 Å². The van der Waals surface area contributed by atoms with E-state index in [0.29, 0.717) is 16.1 Å². The van der Waals surface area contributed by atoms with Gasteiger partial charge in [-0.3, -0.25) is 9.59 Å². The van der Waals surface area contributed by atoms with Crippen LogP contribution in [-0.4, -0.2) is 24.4 Å². The Kier molecular flexibility index (Phi) is 7.79. The third-order valence-corrected chi connectivity index (χ3v) is 6.13. The van der Waals surface area contributed by atoms with Crippen molar-refractivity contribution >= 4 is 45.9 Å². The quantitative estimate of drug-likeness (QED) is 0.346. The van der Waals surface area contributed by atoms with Crippen molar-refractivity contribution in [2.45, 2.75) is 27.7 Å². The molecule has 0 aliphatic carbocycles. The average Bonchev–Trinajstić information content (AvgIpc) is 3.11. The first kappa shape index (κ1) is 23.9. The van der Waals surface area contributed by atoms with Crippen LogP contribution in [0.2, 0.25) is 0 Å². The molecule has 0 bridgehead atoms.